The number of halogens is 2. The van der Waals surface area contributed by atoms with Crippen molar-refractivity contribution in [3.63, 3.8) is 0 Å². The van der Waals surface area contributed by atoms with Crippen molar-refractivity contribution in [2.24, 2.45) is 46.3 Å². The van der Waals surface area contributed by atoms with Gasteiger partial charge < -0.3 is 4.74 Å². The molecular weight excluding hydrogens is 636 g/mol. The largest absolute Gasteiger partial charge is 0.462 e. The van der Waals surface area contributed by atoms with Crippen LogP contribution in [0.25, 0.3) is 0 Å². The summed E-state index contributed by atoms with van der Waals surface area (Å²) in [5.41, 5.74) is 0.782. The molecule has 41 heavy (non-hydrogen) atoms. The van der Waals surface area contributed by atoms with E-state index in [1.807, 2.05) is 0 Å². The number of hydrogen-bond acceptors (Lipinski definition) is 2. The van der Waals surface area contributed by atoms with Crippen molar-refractivity contribution in [3.8, 4) is 0 Å². The van der Waals surface area contributed by atoms with Gasteiger partial charge in [-0.3, -0.25) is 4.79 Å². The van der Waals surface area contributed by atoms with Gasteiger partial charge in [0.15, 0.2) is 0 Å². The number of unbranched alkanes of at least 4 members (excludes halogenated alkanes) is 6. The van der Waals surface area contributed by atoms with E-state index in [9.17, 15) is 4.79 Å². The maximum atomic E-state index is 12.8. The zero-order valence-corrected chi connectivity index (χ0v) is 30.8. The third-order valence-corrected chi connectivity index (χ3v) is 16.7. The molecule has 2 nitrogen and oxygen atoms in total. The number of ether oxygens (including phenoxy) is 1. The van der Waals surface area contributed by atoms with Gasteiger partial charge >= 0.3 is 5.97 Å². The smallest absolute Gasteiger partial charge is 0.306 e. The Bertz CT molecular complexity index is 845. The van der Waals surface area contributed by atoms with E-state index in [1.165, 1.54) is 89.9 Å². The molecule has 0 aromatic rings. The average molecular weight is 701 g/mol. The summed E-state index contributed by atoms with van der Waals surface area (Å²) in [6.07, 6.45) is 23.7. The fraction of sp³-hybridized carbons (Fsp3) is 0.973. The van der Waals surface area contributed by atoms with Crippen molar-refractivity contribution in [3.05, 3.63) is 0 Å². The molecule has 4 heteroatoms. The Morgan fingerprint density at radius 2 is 1.59 bits per heavy atom. The highest BCUT2D eigenvalue weighted by Gasteiger charge is 2.67. The first kappa shape index (κ1) is 34.3. The molecule has 0 radical (unpaired) electrons. The molecule has 0 aromatic heterocycles. The maximum Gasteiger partial charge on any atom is 0.306 e. The van der Waals surface area contributed by atoms with Gasteiger partial charge in [-0.05, 0) is 97.7 Å². The Labute approximate surface area is 271 Å². The fourth-order valence-corrected chi connectivity index (χ4v) is 12.9. The second-order valence-electron chi connectivity index (χ2n) is 16.1. The summed E-state index contributed by atoms with van der Waals surface area (Å²) in [5, 5.41) is 0. The molecule has 0 aromatic carbocycles. The molecule has 0 N–H and O–H groups in total. The SMILES string of the molecule is CCCCCCCCCC(=O)O[C@H]1CC[C@]2(C)[C@@H]3CC[C@]4(C)[C@H](CC[C@H]4[C@H](C)CCCC(C)C)[C@H]3C[C@H](Br)[C@@]2(Br)C1. The minimum atomic E-state index is 0.0134. The van der Waals surface area contributed by atoms with E-state index < -0.39 is 0 Å². The van der Waals surface area contributed by atoms with Crippen LogP contribution in [0.4, 0.5) is 0 Å². The second kappa shape index (κ2) is 14.7. The van der Waals surface area contributed by atoms with E-state index in [2.05, 4.69) is 73.4 Å². The molecule has 4 aliphatic carbocycles. The summed E-state index contributed by atoms with van der Waals surface area (Å²) in [4.78, 5) is 13.2. The van der Waals surface area contributed by atoms with Gasteiger partial charge in [-0.1, -0.05) is 131 Å². The second-order valence-corrected chi connectivity index (χ2v) is 18.6. The van der Waals surface area contributed by atoms with Crippen molar-refractivity contribution in [1.82, 2.24) is 0 Å². The molecule has 0 bridgehead atoms. The highest BCUT2D eigenvalue weighted by molar-refractivity contribution is 9.12. The lowest BCUT2D eigenvalue weighted by atomic mass is 9.44. The maximum absolute atomic E-state index is 12.8. The number of esters is 1. The van der Waals surface area contributed by atoms with Gasteiger partial charge in [0.1, 0.15) is 6.10 Å². The molecule has 4 rings (SSSR count). The minimum Gasteiger partial charge on any atom is -0.462 e. The predicted molar refractivity (Wildman–Crippen MR) is 182 cm³/mol. The molecule has 238 valence electrons. The summed E-state index contributed by atoms with van der Waals surface area (Å²) >= 11 is 8.68. The molecule has 4 aliphatic rings. The lowest BCUT2D eigenvalue weighted by Crippen LogP contribution is -2.64. The summed E-state index contributed by atoms with van der Waals surface area (Å²) in [7, 11) is 0. The third kappa shape index (κ3) is 7.30. The van der Waals surface area contributed by atoms with Crippen LogP contribution in [0.1, 0.15) is 164 Å². The van der Waals surface area contributed by atoms with Crippen molar-refractivity contribution in [1.29, 1.82) is 0 Å². The summed E-state index contributed by atoms with van der Waals surface area (Å²) < 4.78 is 6.18. The van der Waals surface area contributed by atoms with E-state index in [-0.39, 0.29) is 21.8 Å². The predicted octanol–water partition coefficient (Wildman–Crippen LogP) is 12.1. The van der Waals surface area contributed by atoms with Crippen LogP contribution in [0.2, 0.25) is 0 Å². The number of alkyl halides is 2. The van der Waals surface area contributed by atoms with Gasteiger partial charge in [0, 0.05) is 22.0 Å². The van der Waals surface area contributed by atoms with Gasteiger partial charge in [-0.25, -0.2) is 0 Å². The number of hydrogen-bond donors (Lipinski definition) is 0. The lowest BCUT2D eigenvalue weighted by Gasteiger charge is -2.66. The van der Waals surface area contributed by atoms with E-state index in [0.717, 1.165) is 61.2 Å². The molecule has 0 unspecified atom stereocenters. The van der Waals surface area contributed by atoms with E-state index >= 15 is 0 Å². The Morgan fingerprint density at radius 3 is 2.29 bits per heavy atom. The lowest BCUT2D eigenvalue weighted by molar-refractivity contribution is -0.158. The number of rotatable bonds is 14. The molecule has 0 heterocycles. The average Bonchev–Trinajstić information content (AvgIpc) is 3.27. The van der Waals surface area contributed by atoms with Crippen molar-refractivity contribution < 1.29 is 9.53 Å². The van der Waals surface area contributed by atoms with Gasteiger partial charge in [-0.15, -0.1) is 0 Å². The monoisotopic (exact) mass is 698 g/mol. The topological polar surface area (TPSA) is 26.3 Å². The van der Waals surface area contributed by atoms with E-state index in [0.29, 0.717) is 16.7 Å². The van der Waals surface area contributed by atoms with Crippen molar-refractivity contribution >= 4 is 37.8 Å². The summed E-state index contributed by atoms with van der Waals surface area (Å²) in [5.74, 6) is 5.13. The molecule has 0 spiro atoms. The molecule has 4 fully saturated rings. The van der Waals surface area contributed by atoms with Crippen LogP contribution in [0.3, 0.4) is 0 Å². The first-order valence-electron chi connectivity index (χ1n) is 18.0. The summed E-state index contributed by atoms with van der Waals surface area (Å²) in [6, 6.07) is 0. The highest BCUT2D eigenvalue weighted by atomic mass is 79.9. The van der Waals surface area contributed by atoms with E-state index in [1.54, 1.807) is 0 Å². The molecule has 0 amide bonds. The standard InChI is InChI=1S/C37H64Br2O2/c1-7-8-9-10-11-12-13-17-34(40)41-28-20-23-36(6)32-21-22-35(5)30(27(4)16-14-15-26(2)3)18-19-31(35)29(32)24-33(38)37(36,39)25-28/h26-33H,7-25H2,1-6H3/t27-,28+,29-,30+,31-,32-,33+,35+,36-,37+/m1/s1. The van der Waals surface area contributed by atoms with Gasteiger partial charge in [-0.2, -0.15) is 0 Å². The molecular formula is C37H64Br2O2. The van der Waals surface area contributed by atoms with Gasteiger partial charge in [0.05, 0.1) is 0 Å². The van der Waals surface area contributed by atoms with Gasteiger partial charge in [0.2, 0.25) is 0 Å². The Hall–Kier alpha value is 0.430. The highest BCUT2D eigenvalue weighted by Crippen LogP contribution is 2.71. The van der Waals surface area contributed by atoms with Crippen molar-refractivity contribution in [2.75, 3.05) is 0 Å². The van der Waals surface area contributed by atoms with Crippen LogP contribution in [-0.4, -0.2) is 21.2 Å². The van der Waals surface area contributed by atoms with Crippen LogP contribution >= 0.6 is 31.9 Å². The quantitative estimate of drug-likeness (QED) is 0.102. The minimum absolute atomic E-state index is 0.0134. The molecule has 0 saturated heterocycles. The van der Waals surface area contributed by atoms with Crippen LogP contribution in [0, 0.1) is 46.3 Å². The molecule has 10 atom stereocenters. The molecule has 0 aliphatic heterocycles. The first-order valence-corrected chi connectivity index (χ1v) is 19.7. The normalized spacial score (nSPS) is 41.0. The van der Waals surface area contributed by atoms with Crippen LogP contribution in [0.15, 0.2) is 0 Å². The van der Waals surface area contributed by atoms with E-state index in [4.69, 9.17) is 4.74 Å². The van der Waals surface area contributed by atoms with Crippen LogP contribution in [0.5, 0.6) is 0 Å². The van der Waals surface area contributed by atoms with Gasteiger partial charge in [0.25, 0.3) is 0 Å². The fourth-order valence-electron chi connectivity index (χ4n) is 10.7. The number of fused-ring (bicyclic) bond motifs is 5. The summed E-state index contributed by atoms with van der Waals surface area (Å²) in [6.45, 7) is 14.9. The number of carbonyl (C=O) groups excluding carboxylic acids is 1. The van der Waals surface area contributed by atoms with Crippen LogP contribution in [-0.2, 0) is 9.53 Å². The Morgan fingerprint density at radius 1 is 0.878 bits per heavy atom. The van der Waals surface area contributed by atoms with Crippen molar-refractivity contribution in [2.45, 2.75) is 179 Å². The Balaban J connectivity index is 1.34. The first-order chi connectivity index (χ1) is 19.5. The zero-order chi connectivity index (χ0) is 29.8. The molecule has 4 saturated carbocycles. The van der Waals surface area contributed by atoms with Crippen LogP contribution < -0.4 is 0 Å². The number of carbonyl (C=O) groups is 1. The Kier molecular flexibility index (Phi) is 12.3. The third-order valence-electron chi connectivity index (χ3n) is 13.2. The zero-order valence-electron chi connectivity index (χ0n) is 27.6.